The maximum Gasteiger partial charge on any atom is 0.186 e. The van der Waals surface area contributed by atoms with Crippen molar-refractivity contribution in [2.75, 3.05) is 7.11 Å². The lowest BCUT2D eigenvalue weighted by Crippen LogP contribution is -2.34. The summed E-state index contributed by atoms with van der Waals surface area (Å²) in [6, 6.07) is 0. The molecule has 5 heteroatoms. The molecule has 0 spiro atoms. The van der Waals surface area contributed by atoms with Crippen LogP contribution in [0.5, 0.6) is 0 Å². The highest BCUT2D eigenvalue weighted by Gasteiger charge is 2.56. The quantitative estimate of drug-likeness (QED) is 0.721. The van der Waals surface area contributed by atoms with Gasteiger partial charge in [0.1, 0.15) is 18.3 Å². The number of hydrogen-bond donors (Lipinski definition) is 0. The minimum Gasteiger partial charge on any atom is -0.353 e. The molecule has 0 radical (unpaired) electrons. The Morgan fingerprint density at radius 3 is 2.40 bits per heavy atom. The highest BCUT2D eigenvalue weighted by atomic mass is 79.9. The highest BCUT2D eigenvalue weighted by molar-refractivity contribution is 9.09. The van der Waals surface area contributed by atoms with Gasteiger partial charge in [-0.15, -0.1) is 0 Å². The maximum absolute atomic E-state index is 5.82. The van der Waals surface area contributed by atoms with Gasteiger partial charge in [0, 0.05) is 11.9 Å². The van der Waals surface area contributed by atoms with Crippen LogP contribution in [0.4, 0.5) is 0 Å². The summed E-state index contributed by atoms with van der Waals surface area (Å²) in [7, 11) is 1.62. The lowest BCUT2D eigenvalue weighted by molar-refractivity contribution is -0.226. The molecule has 15 heavy (non-hydrogen) atoms. The molecule has 0 aromatic rings. The van der Waals surface area contributed by atoms with E-state index in [2.05, 4.69) is 15.9 Å². The van der Waals surface area contributed by atoms with E-state index in [-0.39, 0.29) is 29.4 Å². The summed E-state index contributed by atoms with van der Waals surface area (Å²) in [6.07, 6.45) is -0.544. The Hall–Kier alpha value is 0.320. The normalized spacial score (nSPS) is 45.4. The molecule has 2 rings (SSSR count). The van der Waals surface area contributed by atoms with Gasteiger partial charge >= 0.3 is 0 Å². The smallest absolute Gasteiger partial charge is 0.186 e. The molecule has 0 amide bonds. The second kappa shape index (κ2) is 3.96. The first kappa shape index (κ1) is 11.8. The summed E-state index contributed by atoms with van der Waals surface area (Å²) in [6.45, 7) is 5.86. The van der Waals surface area contributed by atoms with E-state index < -0.39 is 5.79 Å². The molecule has 88 valence electrons. The van der Waals surface area contributed by atoms with Gasteiger partial charge in [0.15, 0.2) is 12.1 Å². The molecule has 0 aromatic carbocycles. The van der Waals surface area contributed by atoms with E-state index in [4.69, 9.17) is 18.9 Å². The van der Waals surface area contributed by atoms with Crippen LogP contribution in [-0.2, 0) is 18.9 Å². The molecule has 0 N–H and O–H groups in total. The van der Waals surface area contributed by atoms with Crippen molar-refractivity contribution in [3.63, 3.8) is 0 Å². The minimum atomic E-state index is -0.546. The van der Waals surface area contributed by atoms with Gasteiger partial charge in [-0.2, -0.15) is 0 Å². The molecule has 0 unspecified atom stereocenters. The molecular formula is C10H17BrO4. The first-order valence-electron chi connectivity index (χ1n) is 5.12. The van der Waals surface area contributed by atoms with E-state index in [9.17, 15) is 0 Å². The Bertz CT molecular complexity index is 244. The summed E-state index contributed by atoms with van der Waals surface area (Å²) < 4.78 is 22.5. The number of halogens is 1. The van der Waals surface area contributed by atoms with Crippen molar-refractivity contribution < 1.29 is 18.9 Å². The van der Waals surface area contributed by atoms with E-state index in [1.807, 2.05) is 20.8 Å². The SMILES string of the molecule is CO[C@@H]1O[C@@H]([C@H](C)Br)[C@H]2OC(C)(C)O[C@H]12. The second-order valence-electron chi connectivity index (χ2n) is 4.45. The van der Waals surface area contributed by atoms with Crippen LogP contribution in [0, 0.1) is 0 Å². The molecule has 5 atom stereocenters. The van der Waals surface area contributed by atoms with E-state index >= 15 is 0 Å². The summed E-state index contributed by atoms with van der Waals surface area (Å²) in [5, 5.41) is 0. The van der Waals surface area contributed by atoms with Crippen LogP contribution in [0.25, 0.3) is 0 Å². The number of fused-ring (bicyclic) bond motifs is 1. The Morgan fingerprint density at radius 1 is 1.27 bits per heavy atom. The number of ether oxygens (including phenoxy) is 4. The Morgan fingerprint density at radius 2 is 1.87 bits per heavy atom. The highest BCUT2D eigenvalue weighted by Crippen LogP contribution is 2.40. The van der Waals surface area contributed by atoms with E-state index in [1.54, 1.807) is 7.11 Å². The zero-order valence-corrected chi connectivity index (χ0v) is 11.0. The molecule has 2 aliphatic heterocycles. The average molecular weight is 281 g/mol. The van der Waals surface area contributed by atoms with Crippen LogP contribution in [0.1, 0.15) is 20.8 Å². The summed E-state index contributed by atoms with van der Waals surface area (Å²) >= 11 is 3.52. The van der Waals surface area contributed by atoms with Crippen LogP contribution in [0.15, 0.2) is 0 Å². The van der Waals surface area contributed by atoms with Crippen LogP contribution >= 0.6 is 15.9 Å². The third kappa shape index (κ3) is 2.08. The molecular weight excluding hydrogens is 264 g/mol. The average Bonchev–Trinajstić information content (AvgIpc) is 2.57. The Labute approximate surface area is 98.3 Å². The zero-order valence-electron chi connectivity index (χ0n) is 9.40. The molecule has 2 fully saturated rings. The predicted molar refractivity (Wildman–Crippen MR) is 57.9 cm³/mol. The second-order valence-corrected chi connectivity index (χ2v) is 5.89. The van der Waals surface area contributed by atoms with Crippen LogP contribution in [-0.4, -0.2) is 42.3 Å². The fourth-order valence-electron chi connectivity index (χ4n) is 2.15. The molecule has 4 nitrogen and oxygen atoms in total. The van der Waals surface area contributed by atoms with E-state index in [0.717, 1.165) is 0 Å². The van der Waals surface area contributed by atoms with Crippen LogP contribution < -0.4 is 0 Å². The maximum atomic E-state index is 5.82. The molecule has 0 bridgehead atoms. The number of rotatable bonds is 2. The molecule has 2 saturated heterocycles. The van der Waals surface area contributed by atoms with Crippen molar-refractivity contribution in [3.8, 4) is 0 Å². The first-order chi connectivity index (χ1) is 6.94. The van der Waals surface area contributed by atoms with Crippen LogP contribution in [0.3, 0.4) is 0 Å². The molecule has 2 heterocycles. The van der Waals surface area contributed by atoms with Gasteiger partial charge in [-0.05, 0) is 13.8 Å². The number of alkyl halides is 1. The lowest BCUT2D eigenvalue weighted by Gasteiger charge is -2.24. The molecule has 0 aromatic heterocycles. The lowest BCUT2D eigenvalue weighted by atomic mass is 10.1. The van der Waals surface area contributed by atoms with Crippen molar-refractivity contribution in [3.05, 3.63) is 0 Å². The minimum absolute atomic E-state index is 0.0262. The van der Waals surface area contributed by atoms with Gasteiger partial charge in [0.05, 0.1) is 0 Å². The van der Waals surface area contributed by atoms with Gasteiger partial charge in [0.25, 0.3) is 0 Å². The Balaban J connectivity index is 2.15. The first-order valence-corrected chi connectivity index (χ1v) is 6.04. The van der Waals surface area contributed by atoms with Crippen molar-refractivity contribution in [2.45, 2.75) is 56.0 Å². The fraction of sp³-hybridized carbons (Fsp3) is 1.00. The summed E-state index contributed by atoms with van der Waals surface area (Å²) in [5.74, 6) is -0.546. The van der Waals surface area contributed by atoms with Gasteiger partial charge in [0.2, 0.25) is 0 Å². The topological polar surface area (TPSA) is 36.9 Å². The zero-order chi connectivity index (χ0) is 11.2. The third-order valence-electron chi connectivity index (χ3n) is 2.73. The third-order valence-corrected chi connectivity index (χ3v) is 3.25. The van der Waals surface area contributed by atoms with Crippen molar-refractivity contribution >= 4 is 15.9 Å². The van der Waals surface area contributed by atoms with Gasteiger partial charge in [-0.1, -0.05) is 22.9 Å². The van der Waals surface area contributed by atoms with E-state index in [0.29, 0.717) is 0 Å². The summed E-state index contributed by atoms with van der Waals surface area (Å²) in [5.41, 5.74) is 0. The van der Waals surface area contributed by atoms with Crippen LogP contribution in [0.2, 0.25) is 0 Å². The standard InChI is InChI=1S/C10H17BrO4/c1-5(11)6-7-8(9(12-4)13-6)15-10(2,3)14-7/h5-9H,1-4H3/t5-,6-,7+,8-,9+/m0/s1. The molecule has 0 aliphatic carbocycles. The summed E-state index contributed by atoms with van der Waals surface area (Å²) in [4.78, 5) is 0.211. The van der Waals surface area contributed by atoms with Crippen molar-refractivity contribution in [1.82, 2.24) is 0 Å². The van der Waals surface area contributed by atoms with Gasteiger partial charge < -0.3 is 18.9 Å². The van der Waals surface area contributed by atoms with E-state index in [1.165, 1.54) is 0 Å². The molecule has 0 saturated carbocycles. The predicted octanol–water partition coefficient (Wildman–Crippen LogP) is 1.66. The van der Waals surface area contributed by atoms with Gasteiger partial charge in [-0.3, -0.25) is 0 Å². The van der Waals surface area contributed by atoms with Gasteiger partial charge in [-0.25, -0.2) is 0 Å². The fourth-order valence-corrected chi connectivity index (χ4v) is 2.58. The molecule has 2 aliphatic rings. The van der Waals surface area contributed by atoms with Crippen molar-refractivity contribution in [2.24, 2.45) is 0 Å². The number of methoxy groups -OCH3 is 1. The largest absolute Gasteiger partial charge is 0.353 e. The number of hydrogen-bond acceptors (Lipinski definition) is 4. The van der Waals surface area contributed by atoms with Crippen molar-refractivity contribution in [1.29, 1.82) is 0 Å². The monoisotopic (exact) mass is 280 g/mol. The Kier molecular flexibility index (Phi) is 3.12.